The van der Waals surface area contributed by atoms with Gasteiger partial charge in [-0.3, -0.25) is 9.89 Å². The third-order valence-electron chi connectivity index (χ3n) is 3.52. The molecule has 1 heterocycles. The molecule has 5 nitrogen and oxygen atoms in total. The maximum atomic E-state index is 12.1. The summed E-state index contributed by atoms with van der Waals surface area (Å²) in [6.07, 6.45) is 1.72. The maximum absolute atomic E-state index is 12.1. The summed E-state index contributed by atoms with van der Waals surface area (Å²) in [5.74, 6) is -0.341. The van der Waals surface area contributed by atoms with Crippen LogP contribution in [0.3, 0.4) is 0 Å². The normalized spacial score (nSPS) is 13.8. The molecule has 2 aromatic rings. The highest BCUT2D eigenvalue weighted by molar-refractivity contribution is 5.79. The number of hydrogen-bond donors (Lipinski definition) is 3. The van der Waals surface area contributed by atoms with E-state index in [1.165, 1.54) is 0 Å². The van der Waals surface area contributed by atoms with Crippen molar-refractivity contribution in [3.63, 3.8) is 0 Å². The van der Waals surface area contributed by atoms with Gasteiger partial charge in [0.2, 0.25) is 5.91 Å². The zero-order valence-corrected chi connectivity index (χ0v) is 11.8. The number of nitrogens with zero attached hydrogens (tertiary/aromatic N) is 1. The Bertz CT molecular complexity index is 564. The minimum atomic E-state index is -0.304. The average Bonchev–Trinajstić information content (AvgIpc) is 2.89. The van der Waals surface area contributed by atoms with Crippen LogP contribution in [0.2, 0.25) is 0 Å². The van der Waals surface area contributed by atoms with E-state index in [1.807, 2.05) is 44.2 Å². The van der Waals surface area contributed by atoms with E-state index in [4.69, 9.17) is 5.73 Å². The number of carbonyl (C=O) groups excluding carboxylic acids is 1. The highest BCUT2D eigenvalue weighted by atomic mass is 16.1. The van der Waals surface area contributed by atoms with Crippen LogP contribution >= 0.6 is 0 Å². The number of hydrogen-bond acceptors (Lipinski definition) is 3. The van der Waals surface area contributed by atoms with Crippen molar-refractivity contribution in [3.8, 4) is 0 Å². The monoisotopic (exact) mass is 272 g/mol. The fraction of sp³-hybridized carbons (Fsp3) is 0.333. The van der Waals surface area contributed by atoms with Crippen molar-refractivity contribution in [2.75, 3.05) is 0 Å². The Labute approximate surface area is 118 Å². The minimum absolute atomic E-state index is 0.0537. The van der Waals surface area contributed by atoms with Crippen LogP contribution in [0.15, 0.2) is 36.5 Å². The first kappa shape index (κ1) is 14.3. The van der Waals surface area contributed by atoms with Gasteiger partial charge in [0.1, 0.15) is 0 Å². The highest BCUT2D eigenvalue weighted by Gasteiger charge is 2.21. The van der Waals surface area contributed by atoms with Gasteiger partial charge in [0, 0.05) is 23.8 Å². The van der Waals surface area contributed by atoms with Gasteiger partial charge in [-0.15, -0.1) is 0 Å². The van der Waals surface area contributed by atoms with Gasteiger partial charge in [0.15, 0.2) is 0 Å². The summed E-state index contributed by atoms with van der Waals surface area (Å²) >= 11 is 0. The van der Waals surface area contributed by atoms with Crippen LogP contribution < -0.4 is 11.1 Å². The molecule has 2 rings (SSSR count). The molecule has 0 aliphatic rings. The molecule has 20 heavy (non-hydrogen) atoms. The SMILES string of the molecule is Cc1[nH]ncc1CNC(=O)C(C)C(N)c1ccccc1. The molecule has 0 radical (unpaired) electrons. The lowest BCUT2D eigenvalue weighted by Crippen LogP contribution is -2.35. The predicted octanol–water partition coefficient (Wildman–Crippen LogP) is 1.67. The maximum Gasteiger partial charge on any atom is 0.225 e. The van der Waals surface area contributed by atoms with Gasteiger partial charge >= 0.3 is 0 Å². The molecule has 0 saturated carbocycles. The molecule has 0 bridgehead atoms. The van der Waals surface area contributed by atoms with Crippen molar-refractivity contribution in [2.24, 2.45) is 11.7 Å². The lowest BCUT2D eigenvalue weighted by Gasteiger charge is -2.19. The van der Waals surface area contributed by atoms with Crippen LogP contribution in [-0.4, -0.2) is 16.1 Å². The van der Waals surface area contributed by atoms with Crippen LogP contribution in [0, 0.1) is 12.8 Å². The van der Waals surface area contributed by atoms with Gasteiger partial charge in [0.05, 0.1) is 12.1 Å². The van der Waals surface area contributed by atoms with Crippen LogP contribution in [0.1, 0.15) is 29.8 Å². The Morgan fingerprint density at radius 3 is 2.70 bits per heavy atom. The van der Waals surface area contributed by atoms with Crippen LogP contribution in [0.25, 0.3) is 0 Å². The second kappa shape index (κ2) is 6.34. The quantitative estimate of drug-likeness (QED) is 0.774. The molecule has 0 spiro atoms. The molecule has 106 valence electrons. The molecule has 0 aliphatic heterocycles. The highest BCUT2D eigenvalue weighted by Crippen LogP contribution is 2.19. The lowest BCUT2D eigenvalue weighted by molar-refractivity contribution is -0.125. The number of aromatic amines is 1. The smallest absolute Gasteiger partial charge is 0.225 e. The third kappa shape index (κ3) is 3.24. The summed E-state index contributed by atoms with van der Waals surface area (Å²) in [5.41, 5.74) is 9.05. The number of rotatable bonds is 5. The topological polar surface area (TPSA) is 83.8 Å². The van der Waals surface area contributed by atoms with Gasteiger partial charge in [0.25, 0.3) is 0 Å². The zero-order valence-electron chi connectivity index (χ0n) is 11.8. The summed E-state index contributed by atoms with van der Waals surface area (Å²) in [7, 11) is 0. The van der Waals surface area contributed by atoms with Gasteiger partial charge < -0.3 is 11.1 Å². The second-order valence-corrected chi connectivity index (χ2v) is 4.96. The van der Waals surface area contributed by atoms with Crippen molar-refractivity contribution >= 4 is 5.91 Å². The van der Waals surface area contributed by atoms with Crippen molar-refractivity contribution in [3.05, 3.63) is 53.3 Å². The Balaban J connectivity index is 1.93. The van der Waals surface area contributed by atoms with E-state index in [9.17, 15) is 4.79 Å². The molecule has 1 aromatic carbocycles. The summed E-state index contributed by atoms with van der Waals surface area (Å²) in [6, 6.07) is 9.36. The molecular formula is C15H20N4O. The fourth-order valence-corrected chi connectivity index (χ4v) is 2.02. The molecule has 5 heteroatoms. The number of aromatic nitrogens is 2. The average molecular weight is 272 g/mol. The van der Waals surface area contributed by atoms with Gasteiger partial charge in [-0.2, -0.15) is 5.10 Å². The number of amides is 1. The van der Waals surface area contributed by atoms with Gasteiger partial charge in [-0.25, -0.2) is 0 Å². The number of nitrogens with two attached hydrogens (primary N) is 1. The van der Waals surface area contributed by atoms with E-state index >= 15 is 0 Å². The number of H-pyrrole nitrogens is 1. The van der Waals surface area contributed by atoms with Gasteiger partial charge in [-0.05, 0) is 12.5 Å². The Kier molecular flexibility index (Phi) is 4.53. The van der Waals surface area contributed by atoms with E-state index < -0.39 is 0 Å². The Hall–Kier alpha value is -2.14. The van der Waals surface area contributed by atoms with E-state index in [-0.39, 0.29) is 17.9 Å². The summed E-state index contributed by atoms with van der Waals surface area (Å²) < 4.78 is 0. The van der Waals surface area contributed by atoms with E-state index in [2.05, 4.69) is 15.5 Å². The summed E-state index contributed by atoms with van der Waals surface area (Å²) in [5, 5.41) is 9.67. The van der Waals surface area contributed by atoms with Gasteiger partial charge in [-0.1, -0.05) is 37.3 Å². The first-order valence-electron chi connectivity index (χ1n) is 6.66. The first-order valence-corrected chi connectivity index (χ1v) is 6.66. The number of benzene rings is 1. The summed E-state index contributed by atoms with van der Waals surface area (Å²) in [6.45, 7) is 4.23. The van der Waals surface area contributed by atoms with Crippen molar-refractivity contribution in [1.29, 1.82) is 0 Å². The van der Waals surface area contributed by atoms with Crippen molar-refractivity contribution in [1.82, 2.24) is 15.5 Å². The largest absolute Gasteiger partial charge is 0.352 e. The van der Waals surface area contributed by atoms with E-state index in [1.54, 1.807) is 6.20 Å². The van der Waals surface area contributed by atoms with Crippen molar-refractivity contribution < 1.29 is 4.79 Å². The van der Waals surface area contributed by atoms with Crippen LogP contribution in [0.4, 0.5) is 0 Å². The number of carbonyl (C=O) groups is 1. The first-order chi connectivity index (χ1) is 9.59. The number of nitrogens with one attached hydrogen (secondary N) is 2. The summed E-state index contributed by atoms with van der Waals surface area (Å²) in [4.78, 5) is 12.1. The molecular weight excluding hydrogens is 252 g/mol. The Morgan fingerprint density at radius 1 is 1.40 bits per heavy atom. The standard InChI is InChI=1S/C15H20N4O/c1-10(14(16)12-6-4-3-5-7-12)15(20)17-8-13-9-18-19-11(13)2/h3-7,9-10,14H,8,16H2,1-2H3,(H,17,20)(H,18,19). The lowest BCUT2D eigenvalue weighted by atomic mass is 9.94. The molecule has 1 amide bonds. The van der Waals surface area contributed by atoms with E-state index in [0.29, 0.717) is 6.54 Å². The molecule has 2 atom stereocenters. The third-order valence-corrected chi connectivity index (χ3v) is 3.52. The molecule has 4 N–H and O–H groups in total. The fourth-order valence-electron chi connectivity index (χ4n) is 2.02. The molecule has 0 aliphatic carbocycles. The van der Waals surface area contributed by atoms with Crippen LogP contribution in [0.5, 0.6) is 0 Å². The van der Waals surface area contributed by atoms with Crippen LogP contribution in [-0.2, 0) is 11.3 Å². The molecule has 1 aromatic heterocycles. The molecule has 0 saturated heterocycles. The minimum Gasteiger partial charge on any atom is -0.352 e. The Morgan fingerprint density at radius 2 is 2.10 bits per heavy atom. The predicted molar refractivity (Wildman–Crippen MR) is 77.7 cm³/mol. The zero-order chi connectivity index (χ0) is 14.5. The van der Waals surface area contributed by atoms with E-state index in [0.717, 1.165) is 16.8 Å². The molecule has 2 unspecified atom stereocenters. The van der Waals surface area contributed by atoms with Crippen molar-refractivity contribution in [2.45, 2.75) is 26.4 Å². The second-order valence-electron chi connectivity index (χ2n) is 4.96. The number of aryl methyl sites for hydroxylation is 1. The molecule has 0 fully saturated rings.